The molecule has 19 heavy (non-hydrogen) atoms. The van der Waals surface area contributed by atoms with Crippen LogP contribution in [-0.4, -0.2) is 46.0 Å². The Morgan fingerprint density at radius 1 is 1.21 bits per heavy atom. The van der Waals surface area contributed by atoms with Crippen LogP contribution in [0.3, 0.4) is 0 Å². The van der Waals surface area contributed by atoms with Crippen LogP contribution in [0.1, 0.15) is 26.7 Å². The standard InChI is InChI=1S/C13H17NO5/c1-5(2)10(13(17)18)14-11(15)8-6-3-4-7(19-6)9(8)12(14)16/h5-10H,3-4H2,1-2H3,(H,17,18)/t6-,7-,8-,9+,10-/m0/s1. The summed E-state index contributed by atoms with van der Waals surface area (Å²) < 4.78 is 5.61. The summed E-state index contributed by atoms with van der Waals surface area (Å²) in [5.41, 5.74) is 0. The second-order valence-corrected chi connectivity index (χ2v) is 5.92. The highest BCUT2D eigenvalue weighted by atomic mass is 16.5. The van der Waals surface area contributed by atoms with Crippen molar-refractivity contribution in [2.45, 2.75) is 44.9 Å². The van der Waals surface area contributed by atoms with Crippen molar-refractivity contribution in [3.8, 4) is 0 Å². The van der Waals surface area contributed by atoms with Gasteiger partial charge in [-0.25, -0.2) is 4.79 Å². The van der Waals surface area contributed by atoms with Crippen LogP contribution in [0, 0.1) is 17.8 Å². The molecule has 3 aliphatic heterocycles. The minimum Gasteiger partial charge on any atom is -0.480 e. The van der Waals surface area contributed by atoms with Crippen LogP contribution in [0.2, 0.25) is 0 Å². The summed E-state index contributed by atoms with van der Waals surface area (Å²) in [5.74, 6) is -3.04. The van der Waals surface area contributed by atoms with Gasteiger partial charge in [-0.15, -0.1) is 0 Å². The minimum absolute atomic E-state index is 0.196. The molecule has 3 heterocycles. The molecule has 5 atom stereocenters. The third-order valence-corrected chi connectivity index (χ3v) is 4.48. The average Bonchev–Trinajstić information content (AvgIpc) is 2.97. The van der Waals surface area contributed by atoms with Crippen molar-refractivity contribution in [3.63, 3.8) is 0 Å². The van der Waals surface area contributed by atoms with E-state index in [4.69, 9.17) is 4.74 Å². The quantitative estimate of drug-likeness (QED) is 0.741. The van der Waals surface area contributed by atoms with Gasteiger partial charge in [-0.1, -0.05) is 13.8 Å². The topological polar surface area (TPSA) is 83.9 Å². The number of nitrogens with zero attached hydrogens (tertiary/aromatic N) is 1. The number of hydrogen-bond donors (Lipinski definition) is 1. The third kappa shape index (κ3) is 1.55. The first kappa shape index (κ1) is 12.6. The molecule has 2 bridgehead atoms. The lowest BCUT2D eigenvalue weighted by molar-refractivity contribution is -0.158. The summed E-state index contributed by atoms with van der Waals surface area (Å²) in [6.07, 6.45) is 1.19. The van der Waals surface area contributed by atoms with E-state index in [1.54, 1.807) is 13.8 Å². The lowest BCUT2D eigenvalue weighted by Gasteiger charge is -2.27. The Morgan fingerprint density at radius 3 is 2.05 bits per heavy atom. The fourth-order valence-electron chi connectivity index (χ4n) is 3.70. The Kier molecular flexibility index (Phi) is 2.67. The SMILES string of the molecule is CC(C)[C@@H](C(=O)O)N1C(=O)[C@@H]2[C@H](C1=O)[C@@H]1CC[C@@H]2O1. The first-order valence-electron chi connectivity index (χ1n) is 6.68. The third-order valence-electron chi connectivity index (χ3n) is 4.48. The van der Waals surface area contributed by atoms with Crippen molar-refractivity contribution >= 4 is 17.8 Å². The number of carbonyl (C=O) groups excluding carboxylic acids is 2. The lowest BCUT2D eigenvalue weighted by Crippen LogP contribution is -2.49. The summed E-state index contributed by atoms with van der Waals surface area (Å²) in [6.45, 7) is 3.41. The molecule has 0 spiro atoms. The number of rotatable bonds is 3. The Bertz CT molecular complexity index is 432. The van der Waals surface area contributed by atoms with Gasteiger partial charge in [-0.2, -0.15) is 0 Å². The molecule has 2 amide bonds. The highest BCUT2D eigenvalue weighted by molar-refractivity contribution is 6.08. The monoisotopic (exact) mass is 267 g/mol. The molecule has 3 fully saturated rings. The number of ether oxygens (including phenoxy) is 1. The van der Waals surface area contributed by atoms with Gasteiger partial charge in [0, 0.05) is 0 Å². The van der Waals surface area contributed by atoms with Crippen LogP contribution < -0.4 is 0 Å². The molecular formula is C13H17NO5. The second kappa shape index (κ2) is 4.03. The van der Waals surface area contributed by atoms with E-state index in [0.29, 0.717) is 0 Å². The van der Waals surface area contributed by atoms with Gasteiger partial charge in [0.2, 0.25) is 11.8 Å². The molecule has 3 rings (SSSR count). The van der Waals surface area contributed by atoms with E-state index in [2.05, 4.69) is 0 Å². The van der Waals surface area contributed by atoms with Gasteiger partial charge in [0.15, 0.2) is 0 Å². The van der Waals surface area contributed by atoms with Crippen LogP contribution in [0.25, 0.3) is 0 Å². The Labute approximate surface area is 110 Å². The van der Waals surface area contributed by atoms with Gasteiger partial charge in [0.25, 0.3) is 0 Å². The molecule has 104 valence electrons. The van der Waals surface area contributed by atoms with Gasteiger partial charge >= 0.3 is 5.97 Å². The number of likely N-dealkylation sites (tertiary alicyclic amines) is 1. The van der Waals surface area contributed by atoms with Crippen molar-refractivity contribution in [2.75, 3.05) is 0 Å². The fraction of sp³-hybridized carbons (Fsp3) is 0.769. The van der Waals surface area contributed by atoms with E-state index >= 15 is 0 Å². The van der Waals surface area contributed by atoms with Gasteiger partial charge in [-0.3, -0.25) is 14.5 Å². The van der Waals surface area contributed by atoms with Crippen LogP contribution in [-0.2, 0) is 19.1 Å². The smallest absolute Gasteiger partial charge is 0.327 e. The maximum absolute atomic E-state index is 12.4. The molecule has 0 aliphatic carbocycles. The largest absolute Gasteiger partial charge is 0.480 e. The van der Waals surface area contributed by atoms with Crippen molar-refractivity contribution < 1.29 is 24.2 Å². The zero-order valence-corrected chi connectivity index (χ0v) is 10.9. The van der Waals surface area contributed by atoms with E-state index in [0.717, 1.165) is 17.7 Å². The number of carbonyl (C=O) groups is 3. The van der Waals surface area contributed by atoms with Crippen molar-refractivity contribution in [3.05, 3.63) is 0 Å². The number of amides is 2. The molecule has 3 aliphatic rings. The van der Waals surface area contributed by atoms with E-state index in [-0.39, 0.29) is 29.9 Å². The summed E-state index contributed by atoms with van der Waals surface area (Å²) >= 11 is 0. The molecule has 6 heteroatoms. The van der Waals surface area contributed by atoms with E-state index in [9.17, 15) is 19.5 Å². The lowest BCUT2D eigenvalue weighted by atomic mass is 9.81. The van der Waals surface area contributed by atoms with E-state index < -0.39 is 23.8 Å². The predicted octanol–water partition coefficient (Wildman–Crippen LogP) is 0.258. The van der Waals surface area contributed by atoms with Crippen LogP contribution >= 0.6 is 0 Å². The molecule has 0 aromatic rings. The molecule has 1 N–H and O–H groups in total. The van der Waals surface area contributed by atoms with Gasteiger partial charge in [-0.05, 0) is 18.8 Å². The summed E-state index contributed by atoms with van der Waals surface area (Å²) in [5, 5.41) is 9.27. The second-order valence-electron chi connectivity index (χ2n) is 5.92. The number of carboxylic acid groups (broad SMARTS) is 1. The van der Waals surface area contributed by atoms with Crippen LogP contribution in [0.5, 0.6) is 0 Å². The molecule has 0 unspecified atom stereocenters. The maximum atomic E-state index is 12.4. The molecule has 0 aromatic carbocycles. The van der Waals surface area contributed by atoms with Gasteiger partial charge in [0.05, 0.1) is 24.0 Å². The zero-order valence-electron chi connectivity index (χ0n) is 10.9. The van der Waals surface area contributed by atoms with Crippen molar-refractivity contribution in [2.24, 2.45) is 17.8 Å². The summed E-state index contributed by atoms with van der Waals surface area (Å²) in [4.78, 5) is 37.1. The van der Waals surface area contributed by atoms with Gasteiger partial charge in [0.1, 0.15) is 6.04 Å². The van der Waals surface area contributed by atoms with Crippen LogP contribution in [0.4, 0.5) is 0 Å². The predicted molar refractivity (Wildman–Crippen MR) is 63.0 cm³/mol. The molecule has 0 aromatic heterocycles. The molecular weight excluding hydrogens is 250 g/mol. The number of carboxylic acids is 1. The summed E-state index contributed by atoms with van der Waals surface area (Å²) in [6, 6.07) is -1.06. The first-order chi connectivity index (χ1) is 8.93. The van der Waals surface area contributed by atoms with E-state index in [1.165, 1.54) is 0 Å². The summed E-state index contributed by atoms with van der Waals surface area (Å²) in [7, 11) is 0. The highest BCUT2D eigenvalue weighted by Crippen LogP contribution is 2.49. The van der Waals surface area contributed by atoms with E-state index in [1.807, 2.05) is 0 Å². The molecule has 0 radical (unpaired) electrons. The number of aliphatic carboxylic acids is 1. The zero-order chi connectivity index (χ0) is 13.9. The first-order valence-corrected chi connectivity index (χ1v) is 6.68. The van der Waals surface area contributed by atoms with Crippen LogP contribution in [0.15, 0.2) is 0 Å². The Balaban J connectivity index is 1.94. The van der Waals surface area contributed by atoms with Crippen molar-refractivity contribution in [1.29, 1.82) is 0 Å². The highest BCUT2D eigenvalue weighted by Gasteiger charge is 2.64. The minimum atomic E-state index is -1.12. The fourth-order valence-corrected chi connectivity index (χ4v) is 3.70. The molecule has 6 nitrogen and oxygen atoms in total. The maximum Gasteiger partial charge on any atom is 0.327 e. The average molecular weight is 267 g/mol. The Hall–Kier alpha value is -1.43. The molecule has 0 saturated carbocycles. The van der Waals surface area contributed by atoms with Gasteiger partial charge < -0.3 is 9.84 Å². The number of fused-ring (bicyclic) bond motifs is 5. The molecule has 3 saturated heterocycles. The number of hydrogen-bond acceptors (Lipinski definition) is 4. The van der Waals surface area contributed by atoms with Crippen molar-refractivity contribution in [1.82, 2.24) is 4.90 Å². The normalized spacial score (nSPS) is 38.2. The number of imide groups is 1. The Morgan fingerprint density at radius 2 is 1.68 bits per heavy atom.